The molecule has 0 bridgehead atoms. The van der Waals surface area contributed by atoms with Crippen molar-refractivity contribution in [2.45, 2.75) is 27.7 Å². The van der Waals surface area contributed by atoms with Crippen LogP contribution < -0.4 is 4.72 Å². The lowest BCUT2D eigenvalue weighted by Gasteiger charge is -1.97. The Morgan fingerprint density at radius 2 is 1.94 bits per heavy atom. The van der Waals surface area contributed by atoms with Gasteiger partial charge in [-0.1, -0.05) is 36.0 Å². The van der Waals surface area contributed by atoms with Gasteiger partial charge in [0.2, 0.25) is 0 Å². The van der Waals surface area contributed by atoms with Gasteiger partial charge in [-0.2, -0.15) is 0 Å². The summed E-state index contributed by atoms with van der Waals surface area (Å²) < 4.78 is 26.2. The van der Waals surface area contributed by atoms with Crippen LogP contribution in [0.15, 0.2) is 58.2 Å². The molecule has 0 aromatic heterocycles. The smallest absolute Gasteiger partial charge is 0.262 e. The molecule has 0 fully saturated rings. The SMILES string of the molecule is C\C=C/C(C)=C/C=C\C1=C(C)C(=C\C)/NS1(=O)=O. The zero-order chi connectivity index (χ0) is 13.8. The van der Waals surface area contributed by atoms with Gasteiger partial charge < -0.3 is 0 Å². The van der Waals surface area contributed by atoms with Crippen molar-refractivity contribution in [3.05, 3.63) is 58.2 Å². The molecular weight excluding hydrogens is 246 g/mol. The van der Waals surface area contributed by atoms with Crippen LogP contribution in [0.2, 0.25) is 0 Å². The molecule has 1 aliphatic heterocycles. The molecule has 0 amide bonds. The third-order valence-electron chi connectivity index (χ3n) is 2.63. The summed E-state index contributed by atoms with van der Waals surface area (Å²) in [6.45, 7) is 7.51. The fraction of sp³-hybridized carbons (Fsp3) is 0.286. The minimum Gasteiger partial charge on any atom is -0.280 e. The topological polar surface area (TPSA) is 46.2 Å². The molecule has 0 unspecified atom stereocenters. The summed E-state index contributed by atoms with van der Waals surface area (Å²) in [5, 5.41) is 0. The van der Waals surface area contributed by atoms with Gasteiger partial charge in [-0.3, -0.25) is 4.72 Å². The van der Waals surface area contributed by atoms with E-state index in [0.29, 0.717) is 10.6 Å². The minimum absolute atomic E-state index is 0.333. The van der Waals surface area contributed by atoms with Crippen LogP contribution in [0, 0.1) is 0 Å². The van der Waals surface area contributed by atoms with Crippen LogP contribution in [0.4, 0.5) is 0 Å². The van der Waals surface area contributed by atoms with Crippen LogP contribution in [0.3, 0.4) is 0 Å². The molecule has 0 aromatic carbocycles. The lowest BCUT2D eigenvalue weighted by Crippen LogP contribution is -2.16. The van der Waals surface area contributed by atoms with E-state index in [9.17, 15) is 8.42 Å². The molecule has 1 heterocycles. The van der Waals surface area contributed by atoms with Crippen molar-refractivity contribution >= 4 is 10.0 Å². The van der Waals surface area contributed by atoms with Gasteiger partial charge in [0, 0.05) is 5.70 Å². The van der Waals surface area contributed by atoms with E-state index in [1.54, 1.807) is 25.2 Å². The number of nitrogens with one attached hydrogen (secondary N) is 1. The Kier molecular flexibility index (Phi) is 4.73. The van der Waals surface area contributed by atoms with E-state index < -0.39 is 10.0 Å². The first-order valence-corrected chi connectivity index (χ1v) is 7.28. The maximum Gasteiger partial charge on any atom is 0.262 e. The lowest BCUT2D eigenvalue weighted by atomic mass is 10.2. The van der Waals surface area contributed by atoms with E-state index in [-0.39, 0.29) is 0 Å². The first-order valence-electron chi connectivity index (χ1n) is 5.80. The van der Waals surface area contributed by atoms with E-state index in [1.807, 2.05) is 39.0 Å². The molecule has 0 saturated carbocycles. The van der Waals surface area contributed by atoms with Crippen molar-refractivity contribution in [3.63, 3.8) is 0 Å². The van der Waals surface area contributed by atoms with E-state index in [0.717, 1.165) is 11.1 Å². The van der Waals surface area contributed by atoms with Crippen LogP contribution in [0.25, 0.3) is 0 Å². The van der Waals surface area contributed by atoms with Gasteiger partial charge in [0.25, 0.3) is 10.0 Å². The van der Waals surface area contributed by atoms with E-state index in [4.69, 9.17) is 0 Å². The molecule has 1 rings (SSSR count). The van der Waals surface area contributed by atoms with Gasteiger partial charge in [0.1, 0.15) is 0 Å². The van der Waals surface area contributed by atoms with Crippen molar-refractivity contribution in [1.82, 2.24) is 4.72 Å². The summed E-state index contributed by atoms with van der Waals surface area (Å²) in [7, 11) is -3.38. The summed E-state index contributed by atoms with van der Waals surface area (Å²) in [5.74, 6) is 0. The van der Waals surface area contributed by atoms with Crippen LogP contribution in [0.1, 0.15) is 27.7 Å². The largest absolute Gasteiger partial charge is 0.280 e. The highest BCUT2D eigenvalue weighted by Gasteiger charge is 2.27. The first kappa shape index (κ1) is 14.5. The van der Waals surface area contributed by atoms with Gasteiger partial charge in [-0.05, 0) is 39.3 Å². The second-order valence-corrected chi connectivity index (χ2v) is 5.72. The highest BCUT2D eigenvalue weighted by atomic mass is 32.2. The van der Waals surface area contributed by atoms with Gasteiger partial charge >= 0.3 is 0 Å². The van der Waals surface area contributed by atoms with Gasteiger partial charge in [0.05, 0.1) is 4.91 Å². The van der Waals surface area contributed by atoms with Crippen molar-refractivity contribution in [3.8, 4) is 0 Å². The van der Waals surface area contributed by atoms with Crippen molar-refractivity contribution in [1.29, 1.82) is 0 Å². The van der Waals surface area contributed by atoms with Crippen molar-refractivity contribution in [2.75, 3.05) is 0 Å². The summed E-state index contributed by atoms with van der Waals surface area (Å²) in [6, 6.07) is 0. The van der Waals surface area contributed by atoms with Crippen molar-refractivity contribution < 1.29 is 8.42 Å². The molecular formula is C14H19NO2S. The number of hydrogen-bond donors (Lipinski definition) is 1. The minimum atomic E-state index is -3.38. The number of sulfonamides is 1. The van der Waals surface area contributed by atoms with Crippen LogP contribution in [0.5, 0.6) is 0 Å². The molecule has 0 spiro atoms. The Balaban J connectivity index is 3.07. The summed E-state index contributed by atoms with van der Waals surface area (Å²) in [6.07, 6.45) is 10.9. The predicted octanol–water partition coefficient (Wildman–Crippen LogP) is 3.18. The molecule has 0 aromatic rings. The molecule has 4 heteroatoms. The Bertz CT molecular complexity index is 573. The monoisotopic (exact) mass is 265 g/mol. The highest BCUT2D eigenvalue weighted by Crippen LogP contribution is 2.26. The third kappa shape index (κ3) is 3.23. The Morgan fingerprint density at radius 3 is 2.44 bits per heavy atom. The Labute approximate surface area is 109 Å². The molecule has 18 heavy (non-hydrogen) atoms. The molecule has 1 aliphatic rings. The van der Waals surface area contributed by atoms with Crippen LogP contribution >= 0.6 is 0 Å². The summed E-state index contributed by atoms with van der Waals surface area (Å²) in [5.41, 5.74) is 2.48. The molecule has 3 nitrogen and oxygen atoms in total. The fourth-order valence-electron chi connectivity index (χ4n) is 1.71. The van der Waals surface area contributed by atoms with E-state index in [1.165, 1.54) is 0 Å². The molecule has 0 atom stereocenters. The maximum absolute atomic E-state index is 11.8. The molecule has 1 N–H and O–H groups in total. The van der Waals surface area contributed by atoms with Gasteiger partial charge in [-0.25, -0.2) is 8.42 Å². The highest BCUT2D eigenvalue weighted by molar-refractivity contribution is 7.94. The average Bonchev–Trinajstić information content (AvgIpc) is 2.52. The second kappa shape index (κ2) is 5.87. The summed E-state index contributed by atoms with van der Waals surface area (Å²) >= 11 is 0. The fourth-order valence-corrected chi connectivity index (χ4v) is 3.15. The zero-order valence-electron chi connectivity index (χ0n) is 11.2. The first-order chi connectivity index (χ1) is 8.42. The zero-order valence-corrected chi connectivity index (χ0v) is 12.0. The standard InChI is InChI=1S/C14H19NO2S/c1-5-8-11(3)9-7-10-14-12(4)13(6-2)15-18(14,16)17/h5-10,15H,1-4H3/b8-5-,10-7-,11-9+,13-6+. The molecule has 98 valence electrons. The maximum atomic E-state index is 11.8. The van der Waals surface area contributed by atoms with E-state index >= 15 is 0 Å². The normalized spacial score (nSPS) is 22.4. The van der Waals surface area contributed by atoms with Gasteiger partial charge in [0.15, 0.2) is 0 Å². The molecule has 0 saturated heterocycles. The lowest BCUT2D eigenvalue weighted by molar-refractivity contribution is 0.598. The Morgan fingerprint density at radius 1 is 1.28 bits per heavy atom. The summed E-state index contributed by atoms with van der Waals surface area (Å²) in [4.78, 5) is 0.333. The number of rotatable bonds is 3. The molecule has 0 radical (unpaired) electrons. The second-order valence-electron chi connectivity index (χ2n) is 4.07. The number of hydrogen-bond acceptors (Lipinski definition) is 2. The van der Waals surface area contributed by atoms with Crippen LogP contribution in [-0.2, 0) is 10.0 Å². The predicted molar refractivity (Wildman–Crippen MR) is 76.2 cm³/mol. The van der Waals surface area contributed by atoms with Gasteiger partial charge in [-0.15, -0.1) is 0 Å². The van der Waals surface area contributed by atoms with Crippen LogP contribution in [-0.4, -0.2) is 8.42 Å². The van der Waals surface area contributed by atoms with E-state index in [2.05, 4.69) is 4.72 Å². The Hall–Kier alpha value is -1.55. The average molecular weight is 265 g/mol. The van der Waals surface area contributed by atoms with Crippen molar-refractivity contribution in [2.24, 2.45) is 0 Å². The quantitative estimate of drug-likeness (QED) is 0.797. The third-order valence-corrected chi connectivity index (χ3v) is 4.14. The number of allylic oxidation sites excluding steroid dienone is 8. The molecule has 0 aliphatic carbocycles.